The SMILES string of the molecule is CC1(C(=O)NS(=O)(=O)Cc2cccc(Cl)c2)CCN1C(=O)CC1CCCC1. The highest BCUT2D eigenvalue weighted by Gasteiger charge is 2.50. The molecule has 1 atom stereocenters. The lowest BCUT2D eigenvalue weighted by Gasteiger charge is -2.49. The number of sulfonamides is 1. The van der Waals surface area contributed by atoms with Crippen LogP contribution in [-0.2, 0) is 25.4 Å². The molecule has 1 aromatic rings. The van der Waals surface area contributed by atoms with E-state index in [1.165, 1.54) is 4.90 Å². The van der Waals surface area contributed by atoms with Gasteiger partial charge in [0.2, 0.25) is 15.9 Å². The van der Waals surface area contributed by atoms with Crippen molar-refractivity contribution >= 4 is 33.4 Å². The van der Waals surface area contributed by atoms with Gasteiger partial charge in [0.15, 0.2) is 0 Å². The summed E-state index contributed by atoms with van der Waals surface area (Å²) in [5.74, 6) is -0.656. The van der Waals surface area contributed by atoms with Gasteiger partial charge in [-0.25, -0.2) is 8.42 Å². The van der Waals surface area contributed by atoms with Gasteiger partial charge < -0.3 is 4.90 Å². The molecule has 2 amide bonds. The summed E-state index contributed by atoms with van der Waals surface area (Å²) in [6, 6.07) is 6.50. The number of carbonyl (C=O) groups is 2. The summed E-state index contributed by atoms with van der Waals surface area (Å²) in [4.78, 5) is 26.8. The second-order valence-electron chi connectivity index (χ2n) is 7.74. The number of hydrogen-bond acceptors (Lipinski definition) is 4. The first kappa shape index (κ1) is 20.1. The summed E-state index contributed by atoms with van der Waals surface area (Å²) < 4.78 is 26.9. The van der Waals surface area contributed by atoms with E-state index in [1.807, 2.05) is 0 Å². The second kappa shape index (κ2) is 7.80. The van der Waals surface area contributed by atoms with Crippen LogP contribution in [0.3, 0.4) is 0 Å². The van der Waals surface area contributed by atoms with E-state index in [4.69, 9.17) is 11.6 Å². The highest BCUT2D eigenvalue weighted by molar-refractivity contribution is 7.89. The van der Waals surface area contributed by atoms with Gasteiger partial charge in [-0.1, -0.05) is 36.6 Å². The van der Waals surface area contributed by atoms with E-state index in [2.05, 4.69) is 4.72 Å². The molecule has 27 heavy (non-hydrogen) atoms. The first-order valence-corrected chi connectivity index (χ1v) is 11.3. The lowest BCUT2D eigenvalue weighted by atomic mass is 9.85. The largest absolute Gasteiger partial charge is 0.328 e. The van der Waals surface area contributed by atoms with Gasteiger partial charge in [-0.15, -0.1) is 0 Å². The Labute approximate surface area is 165 Å². The van der Waals surface area contributed by atoms with Crippen LogP contribution < -0.4 is 4.72 Å². The fourth-order valence-electron chi connectivity index (χ4n) is 3.90. The molecular formula is C19H25ClN2O4S. The van der Waals surface area contributed by atoms with Crippen LogP contribution in [0.2, 0.25) is 5.02 Å². The third kappa shape index (κ3) is 4.63. The molecular weight excluding hydrogens is 388 g/mol. The van der Waals surface area contributed by atoms with Crippen LogP contribution in [0.25, 0.3) is 0 Å². The summed E-state index contributed by atoms with van der Waals surface area (Å²) in [6.07, 6.45) is 5.31. The van der Waals surface area contributed by atoms with Gasteiger partial charge in [0.25, 0.3) is 5.91 Å². The highest BCUT2D eigenvalue weighted by Crippen LogP contribution is 2.34. The van der Waals surface area contributed by atoms with Crippen LogP contribution in [-0.4, -0.2) is 37.2 Å². The van der Waals surface area contributed by atoms with Crippen LogP contribution in [0.5, 0.6) is 0 Å². The van der Waals surface area contributed by atoms with Crippen LogP contribution in [0.15, 0.2) is 24.3 Å². The molecule has 0 bridgehead atoms. The average molecular weight is 413 g/mol. The lowest BCUT2D eigenvalue weighted by molar-refractivity contribution is -0.157. The third-order valence-electron chi connectivity index (χ3n) is 5.64. The van der Waals surface area contributed by atoms with Crippen molar-refractivity contribution in [2.24, 2.45) is 5.92 Å². The van der Waals surface area contributed by atoms with Gasteiger partial charge in [0.05, 0.1) is 5.75 Å². The molecule has 1 aliphatic heterocycles. The minimum Gasteiger partial charge on any atom is -0.328 e. The van der Waals surface area contributed by atoms with Gasteiger partial charge in [-0.05, 0) is 49.8 Å². The number of likely N-dealkylation sites (tertiary alicyclic amines) is 1. The number of benzene rings is 1. The molecule has 1 N–H and O–H groups in total. The van der Waals surface area contributed by atoms with Crippen molar-refractivity contribution in [3.05, 3.63) is 34.9 Å². The fraction of sp³-hybridized carbons (Fsp3) is 0.579. The summed E-state index contributed by atoms with van der Waals surface area (Å²) >= 11 is 5.88. The Balaban J connectivity index is 1.62. The van der Waals surface area contributed by atoms with E-state index in [0.29, 0.717) is 35.9 Å². The maximum absolute atomic E-state index is 12.7. The first-order valence-electron chi connectivity index (χ1n) is 9.29. The lowest BCUT2D eigenvalue weighted by Crippen LogP contribution is -2.68. The summed E-state index contributed by atoms with van der Waals surface area (Å²) in [6.45, 7) is 2.12. The Hall–Kier alpha value is -1.60. The number of rotatable bonds is 6. The Bertz CT molecular complexity index is 836. The summed E-state index contributed by atoms with van der Waals surface area (Å²) in [7, 11) is -3.88. The standard InChI is InChI=1S/C19H25ClN2O4S/c1-19(9-10-22(19)17(23)12-14-5-2-3-6-14)18(24)21-27(25,26)13-15-7-4-8-16(20)11-15/h4,7-8,11,14H,2-3,5-6,9-10,12-13H2,1H3,(H,21,24). The van der Waals surface area contributed by atoms with Crippen molar-refractivity contribution in [2.75, 3.05) is 6.54 Å². The Morgan fingerprint density at radius 1 is 1.30 bits per heavy atom. The molecule has 2 aliphatic rings. The van der Waals surface area contributed by atoms with Crippen LogP contribution in [0, 0.1) is 5.92 Å². The van der Waals surface area contributed by atoms with Crippen molar-refractivity contribution < 1.29 is 18.0 Å². The topological polar surface area (TPSA) is 83.6 Å². The van der Waals surface area contributed by atoms with Gasteiger partial charge in [-0.2, -0.15) is 0 Å². The fourth-order valence-corrected chi connectivity index (χ4v) is 5.31. The normalized spacial score (nSPS) is 23.1. The zero-order valence-corrected chi connectivity index (χ0v) is 17.0. The van der Waals surface area contributed by atoms with E-state index < -0.39 is 21.5 Å². The Morgan fingerprint density at radius 3 is 2.59 bits per heavy atom. The smallest absolute Gasteiger partial charge is 0.259 e. The van der Waals surface area contributed by atoms with Crippen molar-refractivity contribution in [2.45, 2.75) is 56.7 Å². The molecule has 2 fully saturated rings. The molecule has 0 aromatic heterocycles. The molecule has 0 radical (unpaired) electrons. The van der Waals surface area contributed by atoms with Gasteiger partial charge in [0.1, 0.15) is 5.54 Å². The van der Waals surface area contributed by atoms with E-state index in [1.54, 1.807) is 31.2 Å². The minimum atomic E-state index is -3.88. The molecule has 0 spiro atoms. The zero-order valence-electron chi connectivity index (χ0n) is 15.4. The van der Waals surface area contributed by atoms with E-state index >= 15 is 0 Å². The number of nitrogens with zero attached hydrogens (tertiary/aromatic N) is 1. The molecule has 8 heteroatoms. The Kier molecular flexibility index (Phi) is 5.82. The highest BCUT2D eigenvalue weighted by atomic mass is 35.5. The van der Waals surface area contributed by atoms with Crippen molar-refractivity contribution in [1.82, 2.24) is 9.62 Å². The van der Waals surface area contributed by atoms with Crippen molar-refractivity contribution in [3.8, 4) is 0 Å². The van der Waals surface area contributed by atoms with Crippen molar-refractivity contribution in [1.29, 1.82) is 0 Å². The predicted octanol–water partition coefficient (Wildman–Crippen LogP) is 2.86. The molecule has 148 valence electrons. The predicted molar refractivity (Wildman–Crippen MR) is 104 cm³/mol. The molecule has 1 unspecified atom stereocenters. The number of carbonyl (C=O) groups excluding carboxylic acids is 2. The monoisotopic (exact) mass is 412 g/mol. The minimum absolute atomic E-state index is 0.0574. The van der Waals surface area contributed by atoms with Gasteiger partial charge >= 0.3 is 0 Å². The second-order valence-corrected chi connectivity index (χ2v) is 9.90. The molecule has 1 heterocycles. The number of hydrogen-bond donors (Lipinski definition) is 1. The molecule has 3 rings (SSSR count). The molecule has 6 nitrogen and oxygen atoms in total. The third-order valence-corrected chi connectivity index (χ3v) is 7.08. The Morgan fingerprint density at radius 2 is 2.00 bits per heavy atom. The van der Waals surface area contributed by atoms with E-state index in [9.17, 15) is 18.0 Å². The quantitative estimate of drug-likeness (QED) is 0.778. The maximum Gasteiger partial charge on any atom is 0.259 e. The van der Waals surface area contributed by atoms with Crippen molar-refractivity contribution in [3.63, 3.8) is 0 Å². The average Bonchev–Trinajstić information content (AvgIpc) is 3.04. The number of amides is 2. The zero-order chi connectivity index (χ0) is 19.7. The number of nitrogens with one attached hydrogen (secondary N) is 1. The first-order chi connectivity index (χ1) is 12.7. The van der Waals surface area contributed by atoms with Crippen LogP contribution in [0.1, 0.15) is 51.0 Å². The van der Waals surface area contributed by atoms with E-state index in [0.717, 1.165) is 25.7 Å². The van der Waals surface area contributed by atoms with Gasteiger partial charge in [0, 0.05) is 18.0 Å². The van der Waals surface area contributed by atoms with Gasteiger partial charge in [-0.3, -0.25) is 14.3 Å². The van der Waals surface area contributed by atoms with Crippen LogP contribution in [0.4, 0.5) is 0 Å². The molecule has 1 aromatic carbocycles. The maximum atomic E-state index is 12.7. The molecule has 1 saturated heterocycles. The van der Waals surface area contributed by atoms with E-state index in [-0.39, 0.29) is 11.7 Å². The molecule has 1 aliphatic carbocycles. The number of halogens is 1. The summed E-state index contributed by atoms with van der Waals surface area (Å²) in [5, 5.41) is 0.434. The van der Waals surface area contributed by atoms with Crippen LogP contribution >= 0.6 is 11.6 Å². The summed E-state index contributed by atoms with van der Waals surface area (Å²) in [5.41, 5.74) is -0.604. The molecule has 1 saturated carbocycles.